The fourth-order valence-electron chi connectivity index (χ4n) is 2.48. The van der Waals surface area contributed by atoms with E-state index in [9.17, 15) is 4.79 Å². The number of thiocarbonyl (C=S) groups is 1. The summed E-state index contributed by atoms with van der Waals surface area (Å²) < 4.78 is 5.26. The second-order valence-corrected chi connectivity index (χ2v) is 6.22. The molecule has 1 heterocycles. The molecule has 0 radical (unpaired) electrons. The van der Waals surface area contributed by atoms with E-state index in [1.165, 1.54) is 0 Å². The zero-order valence-electron chi connectivity index (χ0n) is 13.0. The number of carbonyl (C=O) groups is 1. The highest BCUT2D eigenvalue weighted by atomic mass is 32.1. The monoisotopic (exact) mass is 301 g/mol. The van der Waals surface area contributed by atoms with E-state index in [-0.39, 0.29) is 11.9 Å². The van der Waals surface area contributed by atoms with E-state index >= 15 is 0 Å². The minimum atomic E-state index is -0.756. The molecule has 1 rings (SSSR count). The normalized spacial score (nSPS) is 18.9. The van der Waals surface area contributed by atoms with Crippen molar-refractivity contribution in [2.75, 3.05) is 33.3 Å². The van der Waals surface area contributed by atoms with E-state index in [4.69, 9.17) is 22.7 Å². The lowest BCUT2D eigenvalue weighted by atomic mass is 10.1. The summed E-state index contributed by atoms with van der Waals surface area (Å²) >= 11 is 5.16. The molecule has 1 aliphatic heterocycles. The van der Waals surface area contributed by atoms with Gasteiger partial charge in [-0.3, -0.25) is 9.69 Å². The van der Waals surface area contributed by atoms with E-state index in [0.717, 1.165) is 25.9 Å². The van der Waals surface area contributed by atoms with Crippen molar-refractivity contribution < 1.29 is 9.53 Å². The van der Waals surface area contributed by atoms with Crippen LogP contribution in [0.3, 0.4) is 0 Å². The zero-order chi connectivity index (χ0) is 15.3. The minimum absolute atomic E-state index is 0.0435. The molecule has 1 unspecified atom stereocenters. The Morgan fingerprint density at radius 1 is 1.35 bits per heavy atom. The molecule has 20 heavy (non-hydrogen) atoms. The molecule has 0 saturated carbocycles. The SMILES string of the molecule is CCCC(C(N)=S)N1CCN(C(=O)C(C)(C)OC)CC1. The zero-order valence-corrected chi connectivity index (χ0v) is 13.8. The van der Waals surface area contributed by atoms with Crippen LogP contribution in [-0.2, 0) is 9.53 Å². The van der Waals surface area contributed by atoms with Crippen LogP contribution in [0, 0.1) is 0 Å². The number of carbonyl (C=O) groups excluding carboxylic acids is 1. The molecule has 1 saturated heterocycles. The third kappa shape index (κ3) is 4.14. The topological polar surface area (TPSA) is 58.8 Å². The van der Waals surface area contributed by atoms with Crippen LogP contribution in [0.25, 0.3) is 0 Å². The number of nitrogens with two attached hydrogens (primary N) is 1. The first kappa shape index (κ1) is 17.3. The smallest absolute Gasteiger partial charge is 0.254 e. The third-order valence-corrected chi connectivity index (χ3v) is 4.23. The predicted octanol–water partition coefficient (Wildman–Crippen LogP) is 1.01. The van der Waals surface area contributed by atoms with Gasteiger partial charge >= 0.3 is 0 Å². The molecule has 116 valence electrons. The van der Waals surface area contributed by atoms with Crippen molar-refractivity contribution in [2.24, 2.45) is 5.73 Å². The molecule has 2 N–H and O–H groups in total. The Balaban J connectivity index is 2.59. The summed E-state index contributed by atoms with van der Waals surface area (Å²) in [6, 6.07) is 0.155. The lowest BCUT2D eigenvalue weighted by molar-refractivity contribution is -0.152. The second-order valence-electron chi connectivity index (χ2n) is 5.75. The quantitative estimate of drug-likeness (QED) is 0.742. The highest BCUT2D eigenvalue weighted by Crippen LogP contribution is 2.16. The third-order valence-electron chi connectivity index (χ3n) is 3.96. The van der Waals surface area contributed by atoms with E-state index in [1.807, 2.05) is 4.90 Å². The molecule has 1 amide bonds. The van der Waals surface area contributed by atoms with Gasteiger partial charge in [-0.1, -0.05) is 25.6 Å². The fraction of sp³-hybridized carbons (Fsp3) is 0.857. The highest BCUT2D eigenvalue weighted by Gasteiger charge is 2.34. The second kappa shape index (κ2) is 7.33. The van der Waals surface area contributed by atoms with Crippen LogP contribution in [0.5, 0.6) is 0 Å². The summed E-state index contributed by atoms with van der Waals surface area (Å²) in [5.41, 5.74) is 5.07. The van der Waals surface area contributed by atoms with Crippen molar-refractivity contribution in [3.05, 3.63) is 0 Å². The maximum atomic E-state index is 12.3. The van der Waals surface area contributed by atoms with Crippen molar-refractivity contribution >= 4 is 23.1 Å². The molecule has 1 aliphatic rings. The number of ether oxygens (including phenoxy) is 1. The first-order valence-corrected chi connectivity index (χ1v) is 7.62. The molecule has 0 aromatic rings. The number of hydrogen-bond acceptors (Lipinski definition) is 4. The van der Waals surface area contributed by atoms with Crippen molar-refractivity contribution in [3.8, 4) is 0 Å². The minimum Gasteiger partial charge on any atom is -0.392 e. The summed E-state index contributed by atoms with van der Waals surface area (Å²) in [6.45, 7) is 8.77. The van der Waals surface area contributed by atoms with Gasteiger partial charge < -0.3 is 15.4 Å². The lowest BCUT2D eigenvalue weighted by Gasteiger charge is -2.41. The average molecular weight is 301 g/mol. The van der Waals surface area contributed by atoms with Gasteiger partial charge in [0.1, 0.15) is 5.60 Å². The summed E-state index contributed by atoms with van der Waals surface area (Å²) in [7, 11) is 1.57. The van der Waals surface area contributed by atoms with E-state index in [2.05, 4.69) is 11.8 Å². The molecule has 1 fully saturated rings. The summed E-state index contributed by atoms with van der Waals surface area (Å²) in [4.78, 5) is 17.0. The van der Waals surface area contributed by atoms with Gasteiger partial charge in [0.2, 0.25) is 0 Å². The Morgan fingerprint density at radius 2 is 1.90 bits per heavy atom. The van der Waals surface area contributed by atoms with Crippen LogP contribution in [0.1, 0.15) is 33.6 Å². The Bertz CT molecular complexity index is 352. The Kier molecular flexibility index (Phi) is 6.36. The number of piperazine rings is 1. The van der Waals surface area contributed by atoms with Crippen LogP contribution in [-0.4, -0.2) is 65.6 Å². The summed E-state index contributed by atoms with van der Waals surface area (Å²) in [5.74, 6) is 0.0435. The molecule has 0 aliphatic carbocycles. The van der Waals surface area contributed by atoms with Crippen molar-refractivity contribution in [1.82, 2.24) is 9.80 Å². The predicted molar refractivity (Wildman–Crippen MR) is 84.7 cm³/mol. The van der Waals surface area contributed by atoms with Crippen LogP contribution in [0.2, 0.25) is 0 Å². The van der Waals surface area contributed by atoms with Gasteiger partial charge in [-0.15, -0.1) is 0 Å². The maximum Gasteiger partial charge on any atom is 0.254 e. The van der Waals surface area contributed by atoms with Gasteiger partial charge in [0.15, 0.2) is 0 Å². The first-order chi connectivity index (χ1) is 9.33. The van der Waals surface area contributed by atoms with Gasteiger partial charge in [0.05, 0.1) is 11.0 Å². The number of nitrogens with zero attached hydrogens (tertiary/aromatic N) is 2. The van der Waals surface area contributed by atoms with Gasteiger partial charge in [0.25, 0.3) is 5.91 Å². The molecule has 0 aromatic carbocycles. The van der Waals surface area contributed by atoms with Gasteiger partial charge in [-0.2, -0.15) is 0 Å². The largest absolute Gasteiger partial charge is 0.392 e. The van der Waals surface area contributed by atoms with Gasteiger partial charge in [-0.25, -0.2) is 0 Å². The molecule has 0 aromatic heterocycles. The van der Waals surface area contributed by atoms with Crippen molar-refractivity contribution in [3.63, 3.8) is 0 Å². The lowest BCUT2D eigenvalue weighted by Crippen LogP contribution is -2.58. The van der Waals surface area contributed by atoms with E-state index in [0.29, 0.717) is 18.1 Å². The average Bonchev–Trinajstić information content (AvgIpc) is 2.44. The van der Waals surface area contributed by atoms with Gasteiger partial charge in [-0.05, 0) is 20.3 Å². The van der Waals surface area contributed by atoms with Crippen LogP contribution >= 0.6 is 12.2 Å². The Labute approximate surface area is 127 Å². The van der Waals surface area contributed by atoms with Crippen LogP contribution in [0.4, 0.5) is 0 Å². The standard InChI is InChI=1S/C14H27N3O2S/c1-5-6-11(12(15)20)16-7-9-17(10-8-16)13(18)14(2,3)19-4/h11H,5-10H2,1-4H3,(H2,15,20). The Morgan fingerprint density at radius 3 is 2.30 bits per heavy atom. The first-order valence-electron chi connectivity index (χ1n) is 7.21. The van der Waals surface area contributed by atoms with Gasteiger partial charge in [0, 0.05) is 33.3 Å². The molecular weight excluding hydrogens is 274 g/mol. The number of rotatable bonds is 6. The number of hydrogen-bond donors (Lipinski definition) is 1. The van der Waals surface area contributed by atoms with Crippen LogP contribution < -0.4 is 5.73 Å². The highest BCUT2D eigenvalue weighted by molar-refractivity contribution is 7.80. The van der Waals surface area contributed by atoms with E-state index in [1.54, 1.807) is 21.0 Å². The molecular formula is C14H27N3O2S. The summed E-state index contributed by atoms with van der Waals surface area (Å²) in [6.07, 6.45) is 2.03. The Hall–Kier alpha value is -0.720. The maximum absolute atomic E-state index is 12.3. The van der Waals surface area contributed by atoms with Crippen molar-refractivity contribution in [1.29, 1.82) is 0 Å². The molecule has 0 bridgehead atoms. The molecule has 6 heteroatoms. The van der Waals surface area contributed by atoms with Crippen LogP contribution in [0.15, 0.2) is 0 Å². The summed E-state index contributed by atoms with van der Waals surface area (Å²) in [5, 5.41) is 0. The fourth-order valence-corrected chi connectivity index (χ4v) is 2.75. The number of amides is 1. The molecule has 5 nitrogen and oxygen atoms in total. The number of methoxy groups -OCH3 is 1. The molecule has 0 spiro atoms. The van der Waals surface area contributed by atoms with E-state index < -0.39 is 5.60 Å². The molecule has 1 atom stereocenters. The van der Waals surface area contributed by atoms with Crippen molar-refractivity contribution in [2.45, 2.75) is 45.3 Å².